The number of nitro groups is 1. The lowest BCUT2D eigenvalue weighted by atomic mass is 10.0. The van der Waals surface area contributed by atoms with E-state index in [4.69, 9.17) is 11.6 Å². The van der Waals surface area contributed by atoms with E-state index in [1.54, 1.807) is 0 Å². The van der Waals surface area contributed by atoms with Gasteiger partial charge in [0.05, 0.1) is 11.0 Å². The van der Waals surface area contributed by atoms with E-state index in [1.807, 2.05) is 19.0 Å². The van der Waals surface area contributed by atoms with Gasteiger partial charge in [-0.05, 0) is 55.8 Å². The van der Waals surface area contributed by atoms with Crippen molar-refractivity contribution in [3.63, 3.8) is 0 Å². The van der Waals surface area contributed by atoms with Crippen LogP contribution in [0.1, 0.15) is 34.8 Å². The van der Waals surface area contributed by atoms with Crippen LogP contribution in [0.2, 0.25) is 5.02 Å². The van der Waals surface area contributed by atoms with E-state index in [0.717, 1.165) is 37.2 Å². The Morgan fingerprint density at radius 3 is 2.45 bits per heavy atom. The molecule has 29 heavy (non-hydrogen) atoms. The maximum atomic E-state index is 12.7. The monoisotopic (exact) mass is 416 g/mol. The van der Waals surface area contributed by atoms with Gasteiger partial charge in [0.2, 0.25) is 0 Å². The molecule has 1 atom stereocenters. The zero-order chi connectivity index (χ0) is 21.0. The lowest BCUT2D eigenvalue weighted by molar-refractivity contribution is -0.385. The fraction of sp³-hybridized carbons (Fsp3) is 0.381. The lowest BCUT2D eigenvalue weighted by Gasteiger charge is -2.28. The van der Waals surface area contributed by atoms with Crippen molar-refractivity contribution < 1.29 is 9.72 Å². The average Bonchev–Trinajstić information content (AvgIpc) is 3.22. The first-order valence-corrected chi connectivity index (χ1v) is 9.98. The molecule has 1 fully saturated rings. The fourth-order valence-electron chi connectivity index (χ4n) is 3.64. The molecule has 8 heteroatoms. The van der Waals surface area contributed by atoms with E-state index in [1.165, 1.54) is 18.2 Å². The van der Waals surface area contributed by atoms with E-state index >= 15 is 0 Å². The molecule has 2 aromatic rings. The van der Waals surface area contributed by atoms with Gasteiger partial charge in [0.1, 0.15) is 5.56 Å². The van der Waals surface area contributed by atoms with Gasteiger partial charge in [-0.2, -0.15) is 0 Å². The third-order valence-corrected chi connectivity index (χ3v) is 5.47. The van der Waals surface area contributed by atoms with Gasteiger partial charge in [0.25, 0.3) is 11.6 Å². The number of rotatable bonds is 7. The van der Waals surface area contributed by atoms with Gasteiger partial charge in [0, 0.05) is 37.4 Å². The smallest absolute Gasteiger partial charge is 0.282 e. The van der Waals surface area contributed by atoms with Gasteiger partial charge in [-0.3, -0.25) is 19.8 Å². The van der Waals surface area contributed by atoms with Gasteiger partial charge in [-0.25, -0.2) is 0 Å². The van der Waals surface area contributed by atoms with E-state index in [-0.39, 0.29) is 22.3 Å². The molecule has 154 valence electrons. The van der Waals surface area contributed by atoms with Crippen molar-refractivity contribution in [3.8, 4) is 0 Å². The number of carbonyl (C=O) groups excluding carboxylic acids is 1. The van der Waals surface area contributed by atoms with Crippen molar-refractivity contribution in [1.29, 1.82) is 0 Å². The van der Waals surface area contributed by atoms with Gasteiger partial charge in [-0.15, -0.1) is 0 Å². The Bertz CT molecular complexity index is 880. The standard InChI is InChI=1S/C21H25ClN4O3/c1-24(2)17-8-5-15(6-9-17)20(25-11-3-4-12-25)14-23-21(27)18-13-16(22)7-10-19(18)26(28)29/h5-10,13,20H,3-4,11-12,14H2,1-2H3,(H,23,27)/t20-/m0/s1. The highest BCUT2D eigenvalue weighted by Crippen LogP contribution is 2.27. The van der Waals surface area contributed by atoms with Crippen LogP contribution in [0.15, 0.2) is 42.5 Å². The number of halogens is 1. The van der Waals surface area contributed by atoms with E-state index in [9.17, 15) is 14.9 Å². The van der Waals surface area contributed by atoms with Crippen LogP contribution in [0, 0.1) is 10.1 Å². The Labute approximate surface area is 175 Å². The first kappa shape index (κ1) is 21.1. The van der Waals surface area contributed by atoms with Gasteiger partial charge < -0.3 is 10.2 Å². The molecule has 2 aromatic carbocycles. The highest BCUT2D eigenvalue weighted by atomic mass is 35.5. The Kier molecular flexibility index (Phi) is 6.71. The maximum absolute atomic E-state index is 12.7. The Morgan fingerprint density at radius 1 is 1.21 bits per heavy atom. The normalized spacial score (nSPS) is 15.1. The molecule has 0 unspecified atom stereocenters. The first-order valence-electron chi connectivity index (χ1n) is 9.60. The van der Waals surface area contributed by atoms with Crippen molar-refractivity contribution in [3.05, 3.63) is 68.7 Å². The maximum Gasteiger partial charge on any atom is 0.282 e. The number of benzene rings is 2. The largest absolute Gasteiger partial charge is 0.378 e. The summed E-state index contributed by atoms with van der Waals surface area (Å²) in [6.07, 6.45) is 2.25. The van der Waals surface area contributed by atoms with Crippen LogP contribution in [-0.2, 0) is 0 Å². The molecule has 0 aromatic heterocycles. The second-order valence-corrected chi connectivity index (χ2v) is 7.81. The number of amides is 1. The predicted octanol–water partition coefficient (Wildman–Crippen LogP) is 3.88. The quantitative estimate of drug-likeness (QED) is 0.547. The number of nitrogens with zero attached hydrogens (tertiary/aromatic N) is 3. The van der Waals surface area contributed by atoms with Gasteiger partial charge in [0.15, 0.2) is 0 Å². The average molecular weight is 417 g/mol. The van der Waals surface area contributed by atoms with E-state index in [2.05, 4.69) is 34.5 Å². The Balaban J connectivity index is 1.79. The highest BCUT2D eigenvalue weighted by molar-refractivity contribution is 6.31. The summed E-state index contributed by atoms with van der Waals surface area (Å²) in [6.45, 7) is 2.30. The van der Waals surface area contributed by atoms with Crippen molar-refractivity contribution in [2.75, 3.05) is 38.6 Å². The third-order valence-electron chi connectivity index (χ3n) is 5.23. The van der Waals surface area contributed by atoms with Crippen molar-refractivity contribution in [2.45, 2.75) is 18.9 Å². The minimum atomic E-state index is -0.566. The minimum Gasteiger partial charge on any atom is -0.378 e. The molecule has 3 rings (SSSR count). The number of hydrogen-bond acceptors (Lipinski definition) is 5. The second-order valence-electron chi connectivity index (χ2n) is 7.37. The second kappa shape index (κ2) is 9.24. The number of anilines is 1. The van der Waals surface area contributed by atoms with Crippen LogP contribution in [0.25, 0.3) is 0 Å². The topological polar surface area (TPSA) is 78.7 Å². The predicted molar refractivity (Wildman–Crippen MR) is 115 cm³/mol. The Morgan fingerprint density at radius 2 is 1.86 bits per heavy atom. The van der Waals surface area contributed by atoms with E-state index < -0.39 is 10.8 Å². The molecule has 7 nitrogen and oxygen atoms in total. The summed E-state index contributed by atoms with van der Waals surface area (Å²) in [5, 5.41) is 14.4. The van der Waals surface area contributed by atoms with Crippen LogP contribution in [0.3, 0.4) is 0 Å². The van der Waals surface area contributed by atoms with Crippen LogP contribution >= 0.6 is 11.6 Å². The Hall–Kier alpha value is -2.64. The summed E-state index contributed by atoms with van der Waals surface area (Å²) in [4.78, 5) is 27.8. The number of nitro benzene ring substituents is 1. The van der Waals surface area contributed by atoms with E-state index in [0.29, 0.717) is 6.54 Å². The molecule has 1 saturated heterocycles. The lowest BCUT2D eigenvalue weighted by Crippen LogP contribution is -2.37. The summed E-state index contributed by atoms with van der Waals surface area (Å²) in [7, 11) is 3.98. The van der Waals surface area contributed by atoms with Crippen molar-refractivity contribution in [2.24, 2.45) is 0 Å². The summed E-state index contributed by atoms with van der Waals surface area (Å²) < 4.78 is 0. The first-order chi connectivity index (χ1) is 13.9. The summed E-state index contributed by atoms with van der Waals surface area (Å²) >= 11 is 5.95. The molecule has 0 spiro atoms. The van der Waals surface area contributed by atoms with Crippen molar-refractivity contribution >= 4 is 28.9 Å². The number of likely N-dealkylation sites (tertiary alicyclic amines) is 1. The summed E-state index contributed by atoms with van der Waals surface area (Å²) in [6, 6.07) is 12.3. The zero-order valence-corrected chi connectivity index (χ0v) is 17.4. The molecule has 0 aliphatic carbocycles. The molecule has 0 bridgehead atoms. The molecule has 1 aliphatic heterocycles. The summed E-state index contributed by atoms with van der Waals surface area (Å²) in [5.74, 6) is -0.492. The van der Waals surface area contributed by atoms with Gasteiger partial charge >= 0.3 is 0 Å². The SMILES string of the molecule is CN(C)c1ccc([C@H](CNC(=O)c2cc(Cl)ccc2[N+](=O)[O-])N2CCCC2)cc1. The number of hydrogen-bond donors (Lipinski definition) is 1. The molecule has 0 saturated carbocycles. The van der Waals surface area contributed by atoms with Crippen LogP contribution in [0.5, 0.6) is 0 Å². The fourth-order valence-corrected chi connectivity index (χ4v) is 3.81. The summed E-state index contributed by atoms with van der Waals surface area (Å²) in [5.41, 5.74) is 1.94. The molecule has 1 heterocycles. The van der Waals surface area contributed by atoms with Crippen LogP contribution in [0.4, 0.5) is 11.4 Å². The highest BCUT2D eigenvalue weighted by Gasteiger charge is 2.26. The number of carbonyl (C=O) groups is 1. The molecular weight excluding hydrogens is 392 g/mol. The zero-order valence-electron chi connectivity index (χ0n) is 16.6. The van der Waals surface area contributed by atoms with Crippen LogP contribution < -0.4 is 10.2 Å². The van der Waals surface area contributed by atoms with Crippen molar-refractivity contribution in [1.82, 2.24) is 10.2 Å². The molecular formula is C21H25ClN4O3. The number of nitrogens with one attached hydrogen (secondary N) is 1. The third kappa shape index (κ3) is 5.05. The molecule has 1 aliphatic rings. The molecule has 1 N–H and O–H groups in total. The molecule has 0 radical (unpaired) electrons. The van der Waals surface area contributed by atoms with Crippen LogP contribution in [-0.4, -0.2) is 49.5 Å². The molecule has 1 amide bonds. The van der Waals surface area contributed by atoms with Gasteiger partial charge in [-0.1, -0.05) is 23.7 Å². The minimum absolute atomic E-state index is 0.0101.